The maximum absolute atomic E-state index is 5.80. The molecule has 0 atom stereocenters. The van der Waals surface area contributed by atoms with Crippen LogP contribution in [0.4, 0.5) is 0 Å². The van der Waals surface area contributed by atoms with E-state index in [9.17, 15) is 0 Å². The molecule has 2 N–H and O–H groups in total. The summed E-state index contributed by atoms with van der Waals surface area (Å²) in [6.07, 6.45) is 0. The van der Waals surface area contributed by atoms with Crippen molar-refractivity contribution in [3.63, 3.8) is 0 Å². The second-order valence-corrected chi connectivity index (χ2v) is 7.48. The topological polar surface area (TPSA) is 29.3 Å². The maximum atomic E-state index is 5.80. The third kappa shape index (κ3) is 4.70. The van der Waals surface area contributed by atoms with Crippen LogP contribution in [0.5, 0.6) is 0 Å². The smallest absolute Gasteiger partial charge is 0.0328 e. The van der Waals surface area contributed by atoms with Crippen LogP contribution in [0.3, 0.4) is 0 Å². The first-order chi connectivity index (χ1) is 7.88. The molecule has 0 bridgehead atoms. The van der Waals surface area contributed by atoms with Gasteiger partial charge < -0.3 is 5.73 Å². The summed E-state index contributed by atoms with van der Waals surface area (Å²) in [7, 11) is 0. The number of rotatable bonds is 6. The third-order valence-electron chi connectivity index (χ3n) is 2.94. The SMILES string of the molecule is CCN(Cc1cc(Br)c(C)s1)CC(C)(C)CN. The number of aryl methyl sites for hydroxylation is 1. The largest absolute Gasteiger partial charge is 0.330 e. The molecule has 0 amide bonds. The van der Waals surface area contributed by atoms with E-state index in [4.69, 9.17) is 5.73 Å². The molecule has 1 aromatic heterocycles. The van der Waals surface area contributed by atoms with Gasteiger partial charge in [0.1, 0.15) is 0 Å². The highest BCUT2D eigenvalue weighted by atomic mass is 79.9. The van der Waals surface area contributed by atoms with Gasteiger partial charge in [0.2, 0.25) is 0 Å². The Morgan fingerprint density at radius 2 is 2.12 bits per heavy atom. The van der Waals surface area contributed by atoms with E-state index in [-0.39, 0.29) is 5.41 Å². The fourth-order valence-corrected chi connectivity index (χ4v) is 3.41. The van der Waals surface area contributed by atoms with Crippen molar-refractivity contribution in [1.82, 2.24) is 4.90 Å². The molecule has 0 aliphatic rings. The Kier molecular flexibility index (Phi) is 5.64. The lowest BCUT2D eigenvalue weighted by Gasteiger charge is -2.30. The van der Waals surface area contributed by atoms with Crippen molar-refractivity contribution in [2.75, 3.05) is 19.6 Å². The Bertz CT molecular complexity index is 341. The minimum atomic E-state index is 0.194. The highest BCUT2D eigenvalue weighted by Gasteiger charge is 2.19. The van der Waals surface area contributed by atoms with Crippen molar-refractivity contribution in [2.24, 2.45) is 11.1 Å². The van der Waals surface area contributed by atoms with E-state index in [0.717, 1.165) is 26.2 Å². The summed E-state index contributed by atoms with van der Waals surface area (Å²) < 4.78 is 1.23. The molecule has 0 spiro atoms. The van der Waals surface area contributed by atoms with Crippen LogP contribution >= 0.6 is 27.3 Å². The van der Waals surface area contributed by atoms with Gasteiger partial charge >= 0.3 is 0 Å². The Labute approximate surface area is 117 Å². The Balaban J connectivity index is 2.64. The van der Waals surface area contributed by atoms with Crippen LogP contribution in [-0.2, 0) is 6.54 Å². The van der Waals surface area contributed by atoms with Gasteiger partial charge in [-0.05, 0) is 47.4 Å². The van der Waals surface area contributed by atoms with Crippen LogP contribution in [0.2, 0.25) is 0 Å². The van der Waals surface area contributed by atoms with Gasteiger partial charge in [0.15, 0.2) is 0 Å². The summed E-state index contributed by atoms with van der Waals surface area (Å²) in [6, 6.07) is 2.23. The van der Waals surface area contributed by atoms with E-state index in [1.807, 2.05) is 11.3 Å². The normalized spacial score (nSPS) is 12.4. The molecule has 4 heteroatoms. The summed E-state index contributed by atoms with van der Waals surface area (Å²) in [5.41, 5.74) is 5.99. The van der Waals surface area contributed by atoms with Crippen LogP contribution in [0.1, 0.15) is 30.5 Å². The quantitative estimate of drug-likeness (QED) is 0.867. The summed E-state index contributed by atoms with van der Waals surface area (Å²) in [4.78, 5) is 5.24. The van der Waals surface area contributed by atoms with Crippen LogP contribution < -0.4 is 5.73 Å². The second-order valence-electron chi connectivity index (χ2n) is 5.29. The lowest BCUT2D eigenvalue weighted by molar-refractivity contribution is 0.185. The zero-order chi connectivity index (χ0) is 13.1. The van der Waals surface area contributed by atoms with E-state index < -0.39 is 0 Å². The number of nitrogens with two attached hydrogens (primary N) is 1. The highest BCUT2D eigenvalue weighted by molar-refractivity contribution is 9.10. The van der Waals surface area contributed by atoms with Crippen molar-refractivity contribution < 1.29 is 0 Å². The van der Waals surface area contributed by atoms with Gasteiger partial charge in [-0.2, -0.15) is 0 Å². The molecular weight excluding hydrogens is 296 g/mol. The molecule has 0 fully saturated rings. The fourth-order valence-electron chi connectivity index (χ4n) is 1.77. The summed E-state index contributed by atoms with van der Waals surface area (Å²) >= 11 is 5.45. The molecule has 0 aromatic carbocycles. The molecule has 0 saturated carbocycles. The van der Waals surface area contributed by atoms with Crippen molar-refractivity contribution in [3.05, 3.63) is 20.3 Å². The first-order valence-corrected chi connectivity index (χ1v) is 7.66. The molecule has 17 heavy (non-hydrogen) atoms. The van der Waals surface area contributed by atoms with Crippen molar-refractivity contribution >= 4 is 27.3 Å². The van der Waals surface area contributed by atoms with Gasteiger partial charge in [-0.3, -0.25) is 4.90 Å². The van der Waals surface area contributed by atoms with Crippen molar-refractivity contribution in [3.8, 4) is 0 Å². The van der Waals surface area contributed by atoms with Gasteiger partial charge in [-0.1, -0.05) is 20.8 Å². The molecule has 1 heterocycles. The summed E-state index contributed by atoms with van der Waals surface area (Å²) in [6.45, 7) is 12.7. The van der Waals surface area contributed by atoms with Gasteiger partial charge in [0.25, 0.3) is 0 Å². The predicted molar refractivity (Wildman–Crippen MR) is 80.5 cm³/mol. The standard InChI is InChI=1S/C13H23BrN2S/c1-5-16(9-13(3,4)8-15)7-11-6-12(14)10(2)17-11/h6H,5,7-9,15H2,1-4H3. The number of halogens is 1. The molecule has 0 aliphatic heterocycles. The number of hydrogen-bond acceptors (Lipinski definition) is 3. The average Bonchev–Trinajstić information content (AvgIpc) is 2.57. The van der Waals surface area contributed by atoms with E-state index >= 15 is 0 Å². The van der Waals surface area contributed by atoms with Crippen molar-refractivity contribution in [1.29, 1.82) is 0 Å². The van der Waals surface area contributed by atoms with E-state index in [1.165, 1.54) is 14.2 Å². The zero-order valence-corrected chi connectivity index (χ0v) is 13.6. The number of nitrogens with zero attached hydrogens (tertiary/aromatic N) is 1. The lowest BCUT2D eigenvalue weighted by atomic mass is 9.93. The van der Waals surface area contributed by atoms with E-state index in [2.05, 4.69) is 54.6 Å². The highest BCUT2D eigenvalue weighted by Crippen LogP contribution is 2.28. The van der Waals surface area contributed by atoms with Gasteiger partial charge in [0, 0.05) is 27.3 Å². The van der Waals surface area contributed by atoms with Crippen LogP contribution in [-0.4, -0.2) is 24.5 Å². The molecule has 0 radical (unpaired) electrons. The second kappa shape index (κ2) is 6.32. The lowest BCUT2D eigenvalue weighted by Crippen LogP contribution is -2.38. The third-order valence-corrected chi connectivity index (χ3v) is 5.06. The molecule has 0 aliphatic carbocycles. The first kappa shape index (κ1) is 15.2. The summed E-state index contributed by atoms with van der Waals surface area (Å²) in [5, 5.41) is 0. The maximum Gasteiger partial charge on any atom is 0.0328 e. The molecule has 0 saturated heterocycles. The van der Waals surface area contributed by atoms with E-state index in [0.29, 0.717) is 0 Å². The molecule has 2 nitrogen and oxygen atoms in total. The number of hydrogen-bond donors (Lipinski definition) is 1. The molecule has 0 unspecified atom stereocenters. The van der Waals surface area contributed by atoms with Crippen molar-refractivity contribution in [2.45, 2.75) is 34.2 Å². The Morgan fingerprint density at radius 3 is 2.53 bits per heavy atom. The van der Waals surface area contributed by atoms with Crippen LogP contribution in [0.25, 0.3) is 0 Å². The summed E-state index contributed by atoms with van der Waals surface area (Å²) in [5.74, 6) is 0. The predicted octanol–water partition coefficient (Wildman–Crippen LogP) is 3.63. The Hall–Kier alpha value is 0.1000. The minimum absolute atomic E-state index is 0.194. The van der Waals surface area contributed by atoms with Gasteiger partial charge in [-0.15, -0.1) is 11.3 Å². The average molecular weight is 319 g/mol. The molecule has 98 valence electrons. The minimum Gasteiger partial charge on any atom is -0.330 e. The molecular formula is C13H23BrN2S. The van der Waals surface area contributed by atoms with Gasteiger partial charge in [0.05, 0.1) is 0 Å². The Morgan fingerprint density at radius 1 is 1.47 bits per heavy atom. The molecule has 1 aromatic rings. The molecule has 1 rings (SSSR count). The number of thiophene rings is 1. The van der Waals surface area contributed by atoms with Crippen LogP contribution in [0.15, 0.2) is 10.5 Å². The monoisotopic (exact) mass is 318 g/mol. The zero-order valence-electron chi connectivity index (χ0n) is 11.2. The first-order valence-electron chi connectivity index (χ1n) is 6.05. The van der Waals surface area contributed by atoms with Crippen LogP contribution in [0, 0.1) is 12.3 Å². The fraction of sp³-hybridized carbons (Fsp3) is 0.692. The van der Waals surface area contributed by atoms with Gasteiger partial charge in [-0.25, -0.2) is 0 Å². The van der Waals surface area contributed by atoms with E-state index in [1.54, 1.807) is 0 Å².